The van der Waals surface area contributed by atoms with E-state index in [0.29, 0.717) is 15.7 Å². The van der Waals surface area contributed by atoms with Gasteiger partial charge in [0, 0.05) is 27.7 Å². The molecule has 1 unspecified atom stereocenters. The van der Waals surface area contributed by atoms with E-state index in [1.54, 1.807) is 32.2 Å². The zero-order valence-electron chi connectivity index (χ0n) is 13.0. The third-order valence-electron chi connectivity index (χ3n) is 3.81. The van der Waals surface area contributed by atoms with Crippen LogP contribution in [-0.2, 0) is 9.59 Å². The fourth-order valence-electron chi connectivity index (χ4n) is 2.53. The number of nitrogens with zero attached hydrogens (tertiary/aromatic N) is 1. The molecule has 124 valence electrons. The van der Waals surface area contributed by atoms with Crippen LogP contribution in [0.3, 0.4) is 0 Å². The maximum absolute atomic E-state index is 12.8. The first-order valence-corrected chi connectivity index (χ1v) is 8.72. The highest BCUT2D eigenvalue weighted by molar-refractivity contribution is 8.02. The van der Waals surface area contributed by atoms with Crippen molar-refractivity contribution in [3.63, 3.8) is 0 Å². The Labute approximate surface area is 154 Å². The number of halogens is 2. The first-order chi connectivity index (χ1) is 11.3. The molecule has 4 nitrogen and oxygen atoms in total. The highest BCUT2D eigenvalue weighted by atomic mass is 35.5. The fourth-order valence-corrected chi connectivity index (χ4v) is 4.32. The highest BCUT2D eigenvalue weighted by Gasteiger charge is 2.48. The Morgan fingerprint density at radius 3 is 2.46 bits per heavy atom. The number of benzene rings is 2. The Balaban J connectivity index is 1.92. The molecule has 0 saturated carbocycles. The van der Waals surface area contributed by atoms with E-state index in [9.17, 15) is 9.59 Å². The van der Waals surface area contributed by atoms with Crippen molar-refractivity contribution >= 4 is 58.2 Å². The molecule has 3 rings (SSSR count). The number of fused-ring (bicyclic) bond motifs is 1. The Hall–Kier alpha value is -1.69. The van der Waals surface area contributed by atoms with E-state index in [1.807, 2.05) is 24.3 Å². The summed E-state index contributed by atoms with van der Waals surface area (Å²) in [7, 11) is 1.67. The van der Waals surface area contributed by atoms with Crippen LogP contribution in [0.15, 0.2) is 47.4 Å². The lowest BCUT2D eigenvalue weighted by Crippen LogP contribution is -2.53. The molecule has 1 aliphatic heterocycles. The van der Waals surface area contributed by atoms with Crippen LogP contribution in [-0.4, -0.2) is 23.6 Å². The van der Waals surface area contributed by atoms with Gasteiger partial charge in [-0.05, 0) is 37.3 Å². The van der Waals surface area contributed by atoms with Gasteiger partial charge in [-0.2, -0.15) is 0 Å². The molecule has 0 fully saturated rings. The van der Waals surface area contributed by atoms with Crippen molar-refractivity contribution in [2.45, 2.75) is 16.6 Å². The summed E-state index contributed by atoms with van der Waals surface area (Å²) < 4.78 is -1.28. The number of carbonyl (C=O) groups excluding carboxylic acids is 2. The van der Waals surface area contributed by atoms with E-state index in [-0.39, 0.29) is 5.91 Å². The second kappa shape index (κ2) is 6.31. The summed E-state index contributed by atoms with van der Waals surface area (Å²) in [4.78, 5) is 28.0. The Morgan fingerprint density at radius 2 is 1.79 bits per heavy atom. The second-order valence-corrected chi connectivity index (χ2v) is 7.91. The number of nitrogens with one attached hydrogen (secondary N) is 1. The van der Waals surface area contributed by atoms with Crippen molar-refractivity contribution in [1.29, 1.82) is 0 Å². The molecule has 0 saturated heterocycles. The van der Waals surface area contributed by atoms with E-state index >= 15 is 0 Å². The topological polar surface area (TPSA) is 49.4 Å². The summed E-state index contributed by atoms with van der Waals surface area (Å²) in [6.07, 6.45) is 0. The molecule has 0 bridgehead atoms. The summed E-state index contributed by atoms with van der Waals surface area (Å²) in [6.45, 7) is 1.62. The minimum absolute atomic E-state index is 0.281. The van der Waals surface area contributed by atoms with Gasteiger partial charge in [0.25, 0.3) is 5.91 Å². The summed E-state index contributed by atoms with van der Waals surface area (Å²) in [5, 5.41) is 3.56. The zero-order valence-corrected chi connectivity index (χ0v) is 15.3. The maximum Gasteiger partial charge on any atom is 0.252 e. The van der Waals surface area contributed by atoms with Crippen LogP contribution in [0.5, 0.6) is 0 Å². The number of anilines is 2. The standard InChI is InChI=1S/C17H14Cl2N2O2S/c1-17(15(22)20-12-8-10(18)7-11(19)9-12)16(23)21(2)13-5-3-4-6-14(13)24-17/h3-9H,1-2H3,(H,20,22). The lowest BCUT2D eigenvalue weighted by atomic mass is 10.1. The molecule has 1 aliphatic rings. The normalized spacial score (nSPS) is 19.8. The van der Waals surface area contributed by atoms with Gasteiger partial charge in [-0.15, -0.1) is 0 Å². The van der Waals surface area contributed by atoms with E-state index in [4.69, 9.17) is 23.2 Å². The van der Waals surface area contributed by atoms with Crippen molar-refractivity contribution < 1.29 is 9.59 Å². The molecule has 2 aromatic carbocycles. The Morgan fingerprint density at radius 1 is 1.17 bits per heavy atom. The molecule has 0 aliphatic carbocycles. The first kappa shape index (κ1) is 17.1. The van der Waals surface area contributed by atoms with Crippen LogP contribution < -0.4 is 10.2 Å². The van der Waals surface area contributed by atoms with Crippen molar-refractivity contribution in [1.82, 2.24) is 0 Å². The average molecular weight is 381 g/mol. The SMILES string of the molecule is CN1C(=O)C(C)(C(=O)Nc2cc(Cl)cc(Cl)c2)Sc2ccccc21. The number of thioether (sulfide) groups is 1. The molecule has 0 spiro atoms. The molecule has 0 radical (unpaired) electrons. The number of rotatable bonds is 2. The second-order valence-electron chi connectivity index (χ2n) is 5.58. The van der Waals surface area contributed by atoms with E-state index in [2.05, 4.69) is 5.32 Å². The van der Waals surface area contributed by atoms with Gasteiger partial charge in [-0.3, -0.25) is 9.59 Å². The molecule has 24 heavy (non-hydrogen) atoms. The van der Waals surface area contributed by atoms with Crippen LogP contribution in [0.25, 0.3) is 0 Å². The zero-order chi connectivity index (χ0) is 17.5. The largest absolute Gasteiger partial charge is 0.324 e. The molecule has 1 atom stereocenters. The average Bonchev–Trinajstić information content (AvgIpc) is 2.51. The first-order valence-electron chi connectivity index (χ1n) is 7.15. The van der Waals surface area contributed by atoms with Crippen molar-refractivity contribution in [2.24, 2.45) is 0 Å². The van der Waals surface area contributed by atoms with Crippen LogP contribution in [0, 0.1) is 0 Å². The minimum Gasteiger partial charge on any atom is -0.324 e. The van der Waals surface area contributed by atoms with Gasteiger partial charge in [0.15, 0.2) is 4.75 Å². The Bertz CT molecular complexity index is 823. The molecular formula is C17H14Cl2N2O2S. The lowest BCUT2D eigenvalue weighted by molar-refractivity contribution is -0.128. The third kappa shape index (κ3) is 2.99. The number of amides is 2. The van der Waals surface area contributed by atoms with Crippen LogP contribution >= 0.6 is 35.0 Å². The lowest BCUT2D eigenvalue weighted by Gasteiger charge is -2.36. The van der Waals surface area contributed by atoms with Gasteiger partial charge in [0.1, 0.15) is 0 Å². The minimum atomic E-state index is -1.28. The predicted octanol–water partition coefficient (Wildman–Crippen LogP) is 4.46. The summed E-state index contributed by atoms with van der Waals surface area (Å²) >= 11 is 13.2. The van der Waals surface area contributed by atoms with Gasteiger partial charge in [0.05, 0.1) is 5.69 Å². The monoisotopic (exact) mass is 380 g/mol. The number of hydrogen-bond donors (Lipinski definition) is 1. The van der Waals surface area contributed by atoms with E-state index in [1.165, 1.54) is 16.7 Å². The molecule has 1 N–H and O–H groups in total. The van der Waals surface area contributed by atoms with E-state index < -0.39 is 10.7 Å². The smallest absolute Gasteiger partial charge is 0.252 e. The van der Waals surface area contributed by atoms with Crippen molar-refractivity contribution in [3.8, 4) is 0 Å². The van der Waals surface area contributed by atoms with Crippen LogP contribution in [0.4, 0.5) is 11.4 Å². The van der Waals surface area contributed by atoms with Gasteiger partial charge in [-0.25, -0.2) is 0 Å². The Kier molecular flexibility index (Phi) is 4.51. The van der Waals surface area contributed by atoms with Gasteiger partial charge in [-0.1, -0.05) is 47.1 Å². The summed E-state index contributed by atoms with van der Waals surface area (Å²) in [6, 6.07) is 12.2. The van der Waals surface area contributed by atoms with Gasteiger partial charge < -0.3 is 10.2 Å². The third-order valence-corrected chi connectivity index (χ3v) is 5.58. The molecular weight excluding hydrogens is 367 g/mol. The summed E-state index contributed by atoms with van der Waals surface area (Å²) in [5.41, 5.74) is 1.25. The van der Waals surface area contributed by atoms with Gasteiger partial charge >= 0.3 is 0 Å². The fraction of sp³-hybridized carbons (Fsp3) is 0.176. The van der Waals surface area contributed by atoms with Gasteiger partial charge in [0.2, 0.25) is 5.91 Å². The highest BCUT2D eigenvalue weighted by Crippen LogP contribution is 2.45. The summed E-state index contributed by atoms with van der Waals surface area (Å²) in [5.74, 6) is -0.700. The molecule has 0 aromatic heterocycles. The van der Waals surface area contributed by atoms with Crippen LogP contribution in [0.1, 0.15) is 6.92 Å². The predicted molar refractivity (Wildman–Crippen MR) is 99.2 cm³/mol. The molecule has 7 heteroatoms. The van der Waals surface area contributed by atoms with Crippen LogP contribution in [0.2, 0.25) is 10.0 Å². The molecule has 2 aromatic rings. The van der Waals surface area contributed by atoms with Crippen molar-refractivity contribution in [3.05, 3.63) is 52.5 Å². The number of hydrogen-bond acceptors (Lipinski definition) is 3. The van der Waals surface area contributed by atoms with E-state index in [0.717, 1.165) is 10.6 Å². The number of carbonyl (C=O) groups is 2. The van der Waals surface area contributed by atoms with Crippen molar-refractivity contribution in [2.75, 3.05) is 17.3 Å². The number of para-hydroxylation sites is 1. The molecule has 2 amide bonds. The maximum atomic E-state index is 12.8. The quantitative estimate of drug-likeness (QED) is 0.782. The molecule has 1 heterocycles.